The second kappa shape index (κ2) is 7.43. The van der Waals surface area contributed by atoms with Gasteiger partial charge >= 0.3 is 0 Å². The average Bonchev–Trinajstić information content (AvgIpc) is 3.13. The lowest BCUT2D eigenvalue weighted by atomic mass is 9.96. The quantitative estimate of drug-likeness (QED) is 0.723. The third-order valence-electron chi connectivity index (χ3n) is 5.06. The number of hydrogen-bond donors (Lipinski definition) is 1. The molecule has 4 nitrogen and oxygen atoms in total. The van der Waals surface area contributed by atoms with Crippen LogP contribution in [-0.4, -0.2) is 36.0 Å². The van der Waals surface area contributed by atoms with Gasteiger partial charge in [0.15, 0.2) is 0 Å². The van der Waals surface area contributed by atoms with Crippen molar-refractivity contribution in [3.63, 3.8) is 0 Å². The fourth-order valence-corrected chi connectivity index (χ4v) is 3.69. The standard InChI is InChI=1S/C23H21FN2O2/c1-15(27)25-20-8-5-16(6-9-20)21-4-2-3-17-13-18(7-10-22(17)21)23(28)26-12-11-19(24)14-26/h2-10,13,19H,11-12,14H2,1H3,(H,25,27)/t19-/m0/s1. The number of halogens is 1. The SMILES string of the molecule is CC(=O)Nc1ccc(-c2cccc3cc(C(=O)N4CC[C@H](F)C4)ccc23)cc1. The number of alkyl halides is 1. The zero-order valence-corrected chi connectivity index (χ0v) is 15.6. The van der Waals surface area contributed by atoms with E-state index < -0.39 is 6.17 Å². The first-order valence-corrected chi connectivity index (χ1v) is 9.35. The van der Waals surface area contributed by atoms with E-state index in [1.54, 1.807) is 4.90 Å². The molecule has 1 heterocycles. The molecule has 1 fully saturated rings. The van der Waals surface area contributed by atoms with E-state index in [0.717, 1.165) is 27.6 Å². The molecule has 0 unspecified atom stereocenters. The maximum Gasteiger partial charge on any atom is 0.253 e. The summed E-state index contributed by atoms with van der Waals surface area (Å²) < 4.78 is 13.4. The van der Waals surface area contributed by atoms with Crippen LogP contribution in [0.15, 0.2) is 60.7 Å². The molecule has 0 aliphatic carbocycles. The van der Waals surface area contributed by atoms with Gasteiger partial charge in [-0.25, -0.2) is 4.39 Å². The van der Waals surface area contributed by atoms with E-state index in [1.807, 2.05) is 60.7 Å². The minimum absolute atomic E-state index is 0.104. The Kier molecular flexibility index (Phi) is 4.82. The minimum Gasteiger partial charge on any atom is -0.336 e. The van der Waals surface area contributed by atoms with Gasteiger partial charge in [0.1, 0.15) is 6.17 Å². The van der Waals surface area contributed by atoms with Gasteiger partial charge in [0.25, 0.3) is 5.91 Å². The van der Waals surface area contributed by atoms with E-state index in [0.29, 0.717) is 18.5 Å². The summed E-state index contributed by atoms with van der Waals surface area (Å²) in [6.07, 6.45) is -0.505. The van der Waals surface area contributed by atoms with Crippen LogP contribution in [0.3, 0.4) is 0 Å². The first-order chi connectivity index (χ1) is 13.5. The Morgan fingerprint density at radius 1 is 1.07 bits per heavy atom. The number of rotatable bonds is 3. The molecule has 1 aliphatic heterocycles. The van der Waals surface area contributed by atoms with Gasteiger partial charge in [0.05, 0.1) is 6.54 Å². The number of benzene rings is 3. The first kappa shape index (κ1) is 18.2. The van der Waals surface area contributed by atoms with Gasteiger partial charge in [-0.3, -0.25) is 9.59 Å². The van der Waals surface area contributed by atoms with Crippen LogP contribution in [0.25, 0.3) is 21.9 Å². The van der Waals surface area contributed by atoms with Crippen LogP contribution in [0.4, 0.5) is 10.1 Å². The molecule has 0 saturated carbocycles. The molecule has 2 amide bonds. The van der Waals surface area contributed by atoms with Crippen molar-refractivity contribution in [1.82, 2.24) is 4.90 Å². The molecule has 1 atom stereocenters. The third kappa shape index (κ3) is 3.60. The summed E-state index contributed by atoms with van der Waals surface area (Å²) in [4.78, 5) is 25.4. The lowest BCUT2D eigenvalue weighted by Crippen LogP contribution is -2.28. The van der Waals surface area contributed by atoms with Crippen LogP contribution < -0.4 is 5.32 Å². The van der Waals surface area contributed by atoms with Crippen molar-refractivity contribution in [2.45, 2.75) is 19.5 Å². The van der Waals surface area contributed by atoms with Crippen molar-refractivity contribution in [2.75, 3.05) is 18.4 Å². The lowest BCUT2D eigenvalue weighted by molar-refractivity contribution is -0.114. The number of anilines is 1. The van der Waals surface area contributed by atoms with Crippen LogP contribution >= 0.6 is 0 Å². The van der Waals surface area contributed by atoms with Crippen molar-refractivity contribution in [2.24, 2.45) is 0 Å². The topological polar surface area (TPSA) is 49.4 Å². The Labute approximate surface area is 163 Å². The fraction of sp³-hybridized carbons (Fsp3) is 0.217. The van der Waals surface area contributed by atoms with E-state index in [9.17, 15) is 14.0 Å². The van der Waals surface area contributed by atoms with Crippen molar-refractivity contribution in [3.8, 4) is 11.1 Å². The first-order valence-electron chi connectivity index (χ1n) is 9.35. The smallest absolute Gasteiger partial charge is 0.253 e. The highest BCUT2D eigenvalue weighted by atomic mass is 19.1. The number of hydrogen-bond acceptors (Lipinski definition) is 2. The van der Waals surface area contributed by atoms with E-state index in [4.69, 9.17) is 0 Å². The normalized spacial score (nSPS) is 16.4. The van der Waals surface area contributed by atoms with Crippen LogP contribution in [0.2, 0.25) is 0 Å². The highest BCUT2D eigenvalue weighted by Gasteiger charge is 2.26. The summed E-state index contributed by atoms with van der Waals surface area (Å²) in [7, 11) is 0. The number of likely N-dealkylation sites (tertiary alicyclic amines) is 1. The molecule has 0 radical (unpaired) electrons. The summed E-state index contributed by atoms with van der Waals surface area (Å²) in [6.45, 7) is 2.13. The predicted molar refractivity (Wildman–Crippen MR) is 109 cm³/mol. The Bertz CT molecular complexity index is 1050. The van der Waals surface area contributed by atoms with Gasteiger partial charge in [-0.1, -0.05) is 36.4 Å². The zero-order valence-electron chi connectivity index (χ0n) is 15.6. The van der Waals surface area contributed by atoms with Crippen LogP contribution in [0, 0.1) is 0 Å². The van der Waals surface area contributed by atoms with Crippen molar-refractivity contribution < 1.29 is 14.0 Å². The van der Waals surface area contributed by atoms with Crippen LogP contribution in [0.5, 0.6) is 0 Å². The molecule has 0 spiro atoms. The predicted octanol–water partition coefficient (Wildman–Crippen LogP) is 4.65. The van der Waals surface area contributed by atoms with Gasteiger partial charge in [0, 0.05) is 24.7 Å². The Hall–Kier alpha value is -3.21. The maximum absolute atomic E-state index is 13.4. The van der Waals surface area contributed by atoms with Crippen molar-refractivity contribution in [1.29, 1.82) is 0 Å². The number of fused-ring (bicyclic) bond motifs is 1. The van der Waals surface area contributed by atoms with Crippen molar-refractivity contribution in [3.05, 3.63) is 66.2 Å². The molecule has 1 saturated heterocycles. The molecule has 1 N–H and O–H groups in total. The Balaban J connectivity index is 1.66. The number of nitrogens with zero attached hydrogens (tertiary/aromatic N) is 1. The van der Waals surface area contributed by atoms with Gasteiger partial charge in [-0.15, -0.1) is 0 Å². The Morgan fingerprint density at radius 2 is 1.86 bits per heavy atom. The van der Waals surface area contributed by atoms with Gasteiger partial charge in [-0.2, -0.15) is 0 Å². The largest absolute Gasteiger partial charge is 0.336 e. The van der Waals surface area contributed by atoms with E-state index in [2.05, 4.69) is 5.32 Å². The minimum atomic E-state index is -0.920. The molecule has 28 heavy (non-hydrogen) atoms. The molecule has 5 heteroatoms. The maximum atomic E-state index is 13.4. The van der Waals surface area contributed by atoms with E-state index in [1.165, 1.54) is 6.92 Å². The molecular weight excluding hydrogens is 355 g/mol. The summed E-state index contributed by atoms with van der Waals surface area (Å²) in [5.41, 5.74) is 3.41. The summed E-state index contributed by atoms with van der Waals surface area (Å²) >= 11 is 0. The molecule has 0 aromatic heterocycles. The Morgan fingerprint density at radius 3 is 2.54 bits per heavy atom. The molecular formula is C23H21FN2O2. The van der Waals surface area contributed by atoms with Gasteiger partial charge in [-0.05, 0) is 52.6 Å². The molecule has 3 aromatic rings. The fourth-order valence-electron chi connectivity index (χ4n) is 3.69. The zero-order chi connectivity index (χ0) is 19.7. The molecule has 3 aromatic carbocycles. The molecule has 4 rings (SSSR count). The summed E-state index contributed by atoms with van der Waals surface area (Å²) in [6, 6.07) is 19.3. The molecule has 0 bridgehead atoms. The van der Waals surface area contributed by atoms with E-state index >= 15 is 0 Å². The molecule has 1 aliphatic rings. The number of carbonyl (C=O) groups is 2. The number of nitrogens with one attached hydrogen (secondary N) is 1. The summed E-state index contributed by atoms with van der Waals surface area (Å²) in [5.74, 6) is -0.223. The van der Waals surface area contributed by atoms with Gasteiger partial charge in [0.2, 0.25) is 5.91 Å². The molecule has 142 valence electrons. The highest BCUT2D eigenvalue weighted by molar-refractivity contribution is 6.03. The lowest BCUT2D eigenvalue weighted by Gasteiger charge is -2.16. The van der Waals surface area contributed by atoms with Crippen molar-refractivity contribution >= 4 is 28.3 Å². The van der Waals surface area contributed by atoms with Crippen LogP contribution in [0.1, 0.15) is 23.7 Å². The number of carbonyl (C=O) groups excluding carboxylic acids is 2. The van der Waals surface area contributed by atoms with Crippen LogP contribution in [-0.2, 0) is 4.79 Å². The third-order valence-corrected chi connectivity index (χ3v) is 5.06. The second-order valence-corrected chi connectivity index (χ2v) is 7.14. The van der Waals surface area contributed by atoms with Gasteiger partial charge < -0.3 is 10.2 Å². The second-order valence-electron chi connectivity index (χ2n) is 7.14. The number of amides is 2. The summed E-state index contributed by atoms with van der Waals surface area (Å²) in [5, 5.41) is 4.76. The average molecular weight is 376 g/mol. The monoisotopic (exact) mass is 376 g/mol. The van der Waals surface area contributed by atoms with E-state index in [-0.39, 0.29) is 18.4 Å². The highest BCUT2D eigenvalue weighted by Crippen LogP contribution is 2.30.